The molecule has 2 saturated heterocycles. The number of carbonyl (C=O) groups is 1. The summed E-state index contributed by atoms with van der Waals surface area (Å²) < 4.78 is 52.3. The Balaban J connectivity index is 1.11. The summed E-state index contributed by atoms with van der Waals surface area (Å²) in [6.45, 7) is 3.24. The Labute approximate surface area is 265 Å². The van der Waals surface area contributed by atoms with E-state index < -0.39 is 27.8 Å². The number of nitrogens with one attached hydrogen (secondary N) is 1. The van der Waals surface area contributed by atoms with Crippen molar-refractivity contribution in [2.75, 3.05) is 49.3 Å². The van der Waals surface area contributed by atoms with Crippen molar-refractivity contribution in [3.05, 3.63) is 84.4 Å². The highest BCUT2D eigenvalue weighted by Crippen LogP contribution is 2.36. The van der Waals surface area contributed by atoms with Gasteiger partial charge in [0.2, 0.25) is 28.7 Å². The minimum Gasteiger partial charge on any atom is -0.454 e. The van der Waals surface area contributed by atoms with Crippen LogP contribution >= 0.6 is 0 Å². The highest BCUT2D eigenvalue weighted by atomic mass is 32.2. The third-order valence-electron chi connectivity index (χ3n) is 8.34. The van der Waals surface area contributed by atoms with E-state index in [2.05, 4.69) is 20.1 Å². The predicted octanol–water partition coefficient (Wildman–Crippen LogP) is 3.20. The fourth-order valence-electron chi connectivity index (χ4n) is 5.92. The van der Waals surface area contributed by atoms with Crippen LogP contribution < -0.4 is 24.6 Å². The van der Waals surface area contributed by atoms with Crippen LogP contribution in [0, 0.1) is 5.82 Å². The van der Waals surface area contributed by atoms with Crippen LogP contribution in [0.25, 0.3) is 11.3 Å². The summed E-state index contributed by atoms with van der Waals surface area (Å²) in [7, 11) is -3.98. The van der Waals surface area contributed by atoms with E-state index in [1.165, 1.54) is 16.4 Å². The first-order valence-electron chi connectivity index (χ1n) is 15.1. The number of fused-ring (bicyclic) bond motifs is 1. The van der Waals surface area contributed by atoms with Gasteiger partial charge in [-0.1, -0.05) is 6.07 Å². The Hall–Kier alpha value is -4.82. The van der Waals surface area contributed by atoms with Crippen molar-refractivity contribution in [1.82, 2.24) is 24.6 Å². The molecule has 0 bridgehead atoms. The van der Waals surface area contributed by atoms with Crippen molar-refractivity contribution in [3.63, 3.8) is 0 Å². The maximum Gasteiger partial charge on any atom is 0.243 e. The van der Waals surface area contributed by atoms with Gasteiger partial charge in [-0.15, -0.1) is 0 Å². The van der Waals surface area contributed by atoms with Crippen LogP contribution in [0.3, 0.4) is 0 Å². The average molecular weight is 646 g/mol. The lowest BCUT2D eigenvalue weighted by molar-refractivity contribution is -0.124. The SMILES string of the molecule is O=C(NCc1cc(-c2ccc3c(c2)OCO3)nc(N2CCN(c3ccccn3)CC2)n1)C1CCCN1S(=O)(=O)c1ccc(F)cc1. The molecule has 1 N–H and O–H groups in total. The molecule has 7 rings (SSSR count). The van der Waals surface area contributed by atoms with Crippen LogP contribution in [0.15, 0.2) is 77.8 Å². The van der Waals surface area contributed by atoms with E-state index in [-0.39, 0.29) is 24.8 Å². The minimum atomic E-state index is -3.98. The summed E-state index contributed by atoms with van der Waals surface area (Å²) in [5.74, 6) is 1.78. The number of amides is 1. The van der Waals surface area contributed by atoms with Crippen molar-refractivity contribution in [2.24, 2.45) is 0 Å². The van der Waals surface area contributed by atoms with E-state index in [1.807, 2.05) is 42.5 Å². The lowest BCUT2D eigenvalue weighted by atomic mass is 10.1. The number of hydrogen-bond acceptors (Lipinski definition) is 10. The molecule has 3 aliphatic heterocycles. The molecule has 5 heterocycles. The van der Waals surface area contributed by atoms with Gasteiger partial charge in [-0.05, 0) is 73.5 Å². The number of piperazine rings is 1. The Morgan fingerprint density at radius 1 is 0.913 bits per heavy atom. The van der Waals surface area contributed by atoms with Crippen LogP contribution in [0.4, 0.5) is 16.2 Å². The number of hydrogen-bond donors (Lipinski definition) is 1. The maximum atomic E-state index is 13.4. The largest absolute Gasteiger partial charge is 0.454 e. The summed E-state index contributed by atoms with van der Waals surface area (Å²) in [4.78, 5) is 31.9. The standard InChI is InChI=1S/C32H32FN7O5S/c33-23-7-9-25(10-8-23)46(42,43)40-13-3-4-27(40)31(41)35-20-24-19-26(22-6-11-28-29(18-22)45-21-44-28)37-32(36-24)39-16-14-38(15-17-39)30-5-1-2-12-34-30/h1-2,5-12,18-19,27H,3-4,13-17,20-21H2,(H,35,41). The zero-order valence-corrected chi connectivity index (χ0v) is 25.7. The summed E-state index contributed by atoms with van der Waals surface area (Å²) in [6, 6.07) is 17.0. The molecule has 2 fully saturated rings. The molecular formula is C32H32FN7O5S. The highest BCUT2D eigenvalue weighted by molar-refractivity contribution is 7.89. The number of nitrogens with zero attached hydrogens (tertiary/aromatic N) is 6. The fraction of sp³-hybridized carbons (Fsp3) is 0.312. The van der Waals surface area contributed by atoms with Crippen LogP contribution in [0.5, 0.6) is 11.5 Å². The molecule has 0 radical (unpaired) electrons. The van der Waals surface area contributed by atoms with Gasteiger partial charge in [0, 0.05) is 44.5 Å². The van der Waals surface area contributed by atoms with Crippen molar-refractivity contribution in [3.8, 4) is 22.8 Å². The average Bonchev–Trinajstić information content (AvgIpc) is 3.78. The summed E-state index contributed by atoms with van der Waals surface area (Å²) in [6.07, 6.45) is 2.70. The molecule has 12 nitrogen and oxygen atoms in total. The van der Waals surface area contributed by atoms with Crippen LogP contribution in [0.2, 0.25) is 0 Å². The van der Waals surface area contributed by atoms with Gasteiger partial charge in [0.15, 0.2) is 11.5 Å². The van der Waals surface area contributed by atoms with Gasteiger partial charge in [0.05, 0.1) is 22.8 Å². The number of anilines is 2. The first-order chi connectivity index (χ1) is 22.3. The molecule has 238 valence electrons. The number of sulfonamides is 1. The van der Waals surface area contributed by atoms with Gasteiger partial charge < -0.3 is 24.6 Å². The molecule has 46 heavy (non-hydrogen) atoms. The first-order valence-corrected chi connectivity index (χ1v) is 16.5. The van der Waals surface area contributed by atoms with Gasteiger partial charge in [-0.2, -0.15) is 4.31 Å². The molecule has 1 unspecified atom stereocenters. The molecule has 4 aromatic rings. The normalized spacial score (nSPS) is 18.2. The van der Waals surface area contributed by atoms with Crippen LogP contribution in [-0.4, -0.2) is 79.1 Å². The van der Waals surface area contributed by atoms with E-state index in [4.69, 9.17) is 19.4 Å². The zero-order chi connectivity index (χ0) is 31.7. The molecule has 3 aliphatic rings. The summed E-state index contributed by atoms with van der Waals surface area (Å²) >= 11 is 0. The topological polar surface area (TPSA) is 130 Å². The molecule has 1 amide bonds. The second-order valence-corrected chi connectivity index (χ2v) is 13.1. The van der Waals surface area contributed by atoms with Gasteiger partial charge >= 0.3 is 0 Å². The quantitative estimate of drug-likeness (QED) is 0.305. The predicted molar refractivity (Wildman–Crippen MR) is 167 cm³/mol. The van der Waals surface area contributed by atoms with Crippen LogP contribution in [-0.2, 0) is 21.4 Å². The third kappa shape index (κ3) is 6.05. The van der Waals surface area contributed by atoms with E-state index in [0.29, 0.717) is 54.8 Å². The molecule has 0 saturated carbocycles. The zero-order valence-electron chi connectivity index (χ0n) is 24.9. The molecule has 14 heteroatoms. The second kappa shape index (κ2) is 12.5. The number of rotatable bonds is 8. The van der Waals surface area contributed by atoms with E-state index in [9.17, 15) is 17.6 Å². The molecule has 1 atom stereocenters. The summed E-state index contributed by atoms with van der Waals surface area (Å²) in [5.41, 5.74) is 2.03. The van der Waals surface area contributed by atoms with Gasteiger partial charge in [0.1, 0.15) is 17.7 Å². The number of pyridine rings is 1. The maximum absolute atomic E-state index is 13.4. The summed E-state index contributed by atoms with van der Waals surface area (Å²) in [5, 5.41) is 2.91. The molecule has 2 aromatic carbocycles. The van der Waals surface area contributed by atoms with Gasteiger partial charge in [-0.25, -0.2) is 27.8 Å². The van der Waals surface area contributed by atoms with Crippen molar-refractivity contribution >= 4 is 27.7 Å². The molecule has 0 spiro atoms. The Morgan fingerprint density at radius 3 is 2.48 bits per heavy atom. The lowest BCUT2D eigenvalue weighted by Gasteiger charge is -2.35. The van der Waals surface area contributed by atoms with Crippen molar-refractivity contribution in [2.45, 2.75) is 30.3 Å². The van der Waals surface area contributed by atoms with Crippen LogP contribution in [0.1, 0.15) is 18.5 Å². The van der Waals surface area contributed by atoms with E-state index in [0.717, 1.165) is 36.6 Å². The molecular weight excluding hydrogens is 613 g/mol. The number of halogens is 1. The third-order valence-corrected chi connectivity index (χ3v) is 10.3. The molecule has 0 aliphatic carbocycles. The number of ether oxygens (including phenoxy) is 2. The Bertz CT molecular complexity index is 1840. The fourth-order valence-corrected chi connectivity index (χ4v) is 7.58. The number of aromatic nitrogens is 3. The molecule has 2 aromatic heterocycles. The highest BCUT2D eigenvalue weighted by Gasteiger charge is 2.39. The monoisotopic (exact) mass is 645 g/mol. The minimum absolute atomic E-state index is 0.0504. The smallest absolute Gasteiger partial charge is 0.243 e. The van der Waals surface area contributed by atoms with E-state index in [1.54, 1.807) is 6.20 Å². The number of carbonyl (C=O) groups excluding carboxylic acids is 1. The lowest BCUT2D eigenvalue weighted by Crippen LogP contribution is -2.47. The second-order valence-electron chi connectivity index (χ2n) is 11.2. The van der Waals surface area contributed by atoms with E-state index >= 15 is 0 Å². The Morgan fingerprint density at radius 2 is 1.70 bits per heavy atom. The van der Waals surface area contributed by atoms with Crippen molar-refractivity contribution < 1.29 is 27.1 Å². The number of benzene rings is 2. The van der Waals surface area contributed by atoms with Gasteiger partial charge in [-0.3, -0.25) is 4.79 Å². The van der Waals surface area contributed by atoms with Gasteiger partial charge in [0.25, 0.3) is 0 Å². The first kappa shape index (κ1) is 29.9. The van der Waals surface area contributed by atoms with Crippen molar-refractivity contribution in [1.29, 1.82) is 0 Å². The Kier molecular flexibility index (Phi) is 8.13.